The van der Waals surface area contributed by atoms with Crippen molar-refractivity contribution in [2.45, 2.75) is 32.7 Å². The summed E-state index contributed by atoms with van der Waals surface area (Å²) in [4.78, 5) is 0. The first-order chi connectivity index (χ1) is 8.13. The molecule has 3 heteroatoms. The van der Waals surface area contributed by atoms with E-state index in [4.69, 9.17) is 4.74 Å². The smallest absolute Gasteiger partial charge is 0.0546 e. The molecule has 2 nitrogen and oxygen atoms in total. The summed E-state index contributed by atoms with van der Waals surface area (Å²) in [6.07, 6.45) is 0. The number of benzene rings is 1. The maximum atomic E-state index is 5.57. The van der Waals surface area contributed by atoms with Gasteiger partial charge in [-0.3, -0.25) is 0 Å². The van der Waals surface area contributed by atoms with Gasteiger partial charge >= 0.3 is 0 Å². The molecule has 1 atom stereocenters. The molecule has 0 aliphatic carbocycles. The molecule has 1 N–H and O–H groups in total. The predicted octanol–water partition coefficient (Wildman–Crippen LogP) is 3.57. The minimum absolute atomic E-state index is 0.412. The van der Waals surface area contributed by atoms with E-state index in [0.717, 1.165) is 24.2 Å². The Balaban J connectivity index is 2.67. The molecule has 0 aliphatic heterocycles. The molecule has 0 aromatic heterocycles. The first-order valence-corrected chi connectivity index (χ1v) is 6.99. The highest BCUT2D eigenvalue weighted by atomic mass is 79.9. The molecular weight excluding hydrogens is 278 g/mol. The van der Waals surface area contributed by atoms with Gasteiger partial charge in [-0.25, -0.2) is 0 Å². The fourth-order valence-electron chi connectivity index (χ4n) is 1.67. The van der Waals surface area contributed by atoms with Crippen molar-refractivity contribution in [1.29, 1.82) is 0 Å². The van der Waals surface area contributed by atoms with Crippen molar-refractivity contribution in [3.8, 4) is 0 Å². The Kier molecular flexibility index (Phi) is 6.78. The summed E-state index contributed by atoms with van der Waals surface area (Å²) in [6.45, 7) is 8.86. The van der Waals surface area contributed by atoms with Crippen LogP contribution in [0.4, 0.5) is 0 Å². The summed E-state index contributed by atoms with van der Waals surface area (Å²) in [5.41, 5.74) is 1.32. The van der Waals surface area contributed by atoms with Crippen LogP contribution in [0.25, 0.3) is 0 Å². The summed E-state index contributed by atoms with van der Waals surface area (Å²) in [5.74, 6) is 0.412. The van der Waals surface area contributed by atoms with Crippen LogP contribution in [0.1, 0.15) is 32.3 Å². The lowest BCUT2D eigenvalue weighted by Crippen LogP contribution is -2.30. The van der Waals surface area contributed by atoms with Gasteiger partial charge in [-0.2, -0.15) is 0 Å². The van der Waals surface area contributed by atoms with Gasteiger partial charge in [0.25, 0.3) is 0 Å². The van der Waals surface area contributed by atoms with Gasteiger partial charge in [0.2, 0.25) is 0 Å². The zero-order valence-electron chi connectivity index (χ0n) is 10.9. The van der Waals surface area contributed by atoms with Gasteiger partial charge in [0.05, 0.1) is 6.61 Å². The molecule has 17 heavy (non-hydrogen) atoms. The predicted molar refractivity (Wildman–Crippen MR) is 76.5 cm³/mol. The van der Waals surface area contributed by atoms with Gasteiger partial charge < -0.3 is 10.1 Å². The van der Waals surface area contributed by atoms with Gasteiger partial charge in [0, 0.05) is 29.6 Å². The minimum atomic E-state index is 0.412. The average molecular weight is 300 g/mol. The molecule has 0 saturated carbocycles. The van der Waals surface area contributed by atoms with Crippen LogP contribution in [0.15, 0.2) is 28.7 Å². The normalized spacial score (nSPS) is 13.0. The van der Waals surface area contributed by atoms with Gasteiger partial charge in [0.1, 0.15) is 0 Å². The van der Waals surface area contributed by atoms with Crippen molar-refractivity contribution < 1.29 is 4.74 Å². The Morgan fingerprint density at radius 2 is 2.12 bits per heavy atom. The van der Waals surface area contributed by atoms with E-state index in [0.29, 0.717) is 12.0 Å². The third-order valence-corrected chi connectivity index (χ3v) is 3.11. The average Bonchev–Trinajstić information content (AvgIpc) is 2.29. The van der Waals surface area contributed by atoms with E-state index in [-0.39, 0.29) is 0 Å². The molecule has 0 heterocycles. The van der Waals surface area contributed by atoms with Crippen LogP contribution in [0.5, 0.6) is 0 Å². The molecule has 0 spiro atoms. The summed E-state index contributed by atoms with van der Waals surface area (Å²) in [6, 6.07) is 8.97. The van der Waals surface area contributed by atoms with E-state index in [9.17, 15) is 0 Å². The molecule has 0 bridgehead atoms. The van der Waals surface area contributed by atoms with Gasteiger partial charge in [0.15, 0.2) is 0 Å². The Labute approximate surface area is 113 Å². The van der Waals surface area contributed by atoms with E-state index in [1.54, 1.807) is 0 Å². The second-order valence-corrected chi connectivity index (χ2v) is 5.39. The maximum Gasteiger partial charge on any atom is 0.0546 e. The highest BCUT2D eigenvalue weighted by molar-refractivity contribution is 9.10. The molecule has 1 unspecified atom stereocenters. The largest absolute Gasteiger partial charge is 0.381 e. The number of ether oxygens (including phenoxy) is 1. The van der Waals surface area contributed by atoms with Gasteiger partial charge in [-0.15, -0.1) is 0 Å². The van der Waals surface area contributed by atoms with E-state index in [1.165, 1.54) is 5.56 Å². The van der Waals surface area contributed by atoms with Crippen LogP contribution < -0.4 is 5.32 Å². The summed E-state index contributed by atoms with van der Waals surface area (Å²) in [7, 11) is 0. The van der Waals surface area contributed by atoms with Crippen LogP contribution in [0.3, 0.4) is 0 Å². The molecule has 1 aromatic rings. The van der Waals surface area contributed by atoms with Crippen molar-refractivity contribution in [2.75, 3.05) is 19.8 Å². The van der Waals surface area contributed by atoms with Crippen LogP contribution >= 0.6 is 15.9 Å². The van der Waals surface area contributed by atoms with Crippen LogP contribution in [-0.2, 0) is 4.74 Å². The fourth-order valence-corrected chi connectivity index (χ4v) is 2.09. The highest BCUT2D eigenvalue weighted by Gasteiger charge is 2.12. The second kappa shape index (κ2) is 7.85. The second-order valence-electron chi connectivity index (χ2n) is 4.47. The lowest BCUT2D eigenvalue weighted by molar-refractivity contribution is 0.131. The molecule has 0 radical (unpaired) electrons. The Bertz CT molecular complexity index is 328. The zero-order chi connectivity index (χ0) is 12.7. The third kappa shape index (κ3) is 5.66. The first kappa shape index (κ1) is 14.7. The standard InChI is InChI=1S/C14H22BrNO/c1-4-17-10-13(9-16-11(2)3)12-6-5-7-14(15)8-12/h5-8,11,13,16H,4,9-10H2,1-3H3. The van der Waals surface area contributed by atoms with Crippen molar-refractivity contribution >= 4 is 15.9 Å². The highest BCUT2D eigenvalue weighted by Crippen LogP contribution is 2.20. The van der Waals surface area contributed by atoms with E-state index in [1.807, 2.05) is 6.92 Å². The van der Waals surface area contributed by atoms with E-state index < -0.39 is 0 Å². The topological polar surface area (TPSA) is 21.3 Å². The molecule has 0 saturated heterocycles. The van der Waals surface area contributed by atoms with Crippen molar-refractivity contribution in [1.82, 2.24) is 5.32 Å². The Morgan fingerprint density at radius 1 is 1.35 bits per heavy atom. The van der Waals surface area contributed by atoms with Gasteiger partial charge in [-0.1, -0.05) is 41.9 Å². The minimum Gasteiger partial charge on any atom is -0.381 e. The summed E-state index contributed by atoms with van der Waals surface area (Å²) >= 11 is 3.52. The molecular formula is C14H22BrNO. The van der Waals surface area contributed by atoms with E-state index >= 15 is 0 Å². The third-order valence-electron chi connectivity index (χ3n) is 2.62. The number of nitrogens with one attached hydrogen (secondary N) is 1. The number of hydrogen-bond donors (Lipinski definition) is 1. The van der Waals surface area contributed by atoms with Gasteiger partial charge in [-0.05, 0) is 24.6 Å². The quantitative estimate of drug-likeness (QED) is 0.831. The fraction of sp³-hybridized carbons (Fsp3) is 0.571. The summed E-state index contributed by atoms with van der Waals surface area (Å²) in [5, 5.41) is 3.48. The molecule has 1 aromatic carbocycles. The SMILES string of the molecule is CCOCC(CNC(C)C)c1cccc(Br)c1. The summed E-state index contributed by atoms with van der Waals surface area (Å²) < 4.78 is 6.69. The Hall–Kier alpha value is -0.380. The lowest BCUT2D eigenvalue weighted by atomic mass is 10.00. The monoisotopic (exact) mass is 299 g/mol. The van der Waals surface area contributed by atoms with Crippen LogP contribution in [0, 0.1) is 0 Å². The molecule has 0 aliphatic rings. The van der Waals surface area contributed by atoms with Crippen molar-refractivity contribution in [3.63, 3.8) is 0 Å². The Morgan fingerprint density at radius 3 is 2.71 bits per heavy atom. The number of rotatable bonds is 7. The maximum absolute atomic E-state index is 5.57. The van der Waals surface area contributed by atoms with Crippen molar-refractivity contribution in [3.05, 3.63) is 34.3 Å². The zero-order valence-corrected chi connectivity index (χ0v) is 12.5. The van der Waals surface area contributed by atoms with Crippen LogP contribution in [-0.4, -0.2) is 25.8 Å². The number of halogens is 1. The first-order valence-electron chi connectivity index (χ1n) is 6.20. The van der Waals surface area contributed by atoms with Crippen LogP contribution in [0.2, 0.25) is 0 Å². The lowest BCUT2D eigenvalue weighted by Gasteiger charge is -2.19. The molecule has 0 fully saturated rings. The van der Waals surface area contributed by atoms with Crippen molar-refractivity contribution in [2.24, 2.45) is 0 Å². The molecule has 1 rings (SSSR count). The molecule has 0 amide bonds. The number of hydrogen-bond acceptors (Lipinski definition) is 2. The van der Waals surface area contributed by atoms with E-state index in [2.05, 4.69) is 59.4 Å². The molecule has 96 valence electrons.